The van der Waals surface area contributed by atoms with E-state index in [4.69, 9.17) is 16.7 Å². The third-order valence-corrected chi connectivity index (χ3v) is 4.88. The van der Waals surface area contributed by atoms with E-state index in [1.807, 2.05) is 0 Å². The zero-order valence-electron chi connectivity index (χ0n) is 13.5. The number of carbonyl (C=O) groups excluding carboxylic acids is 1. The standard InChI is InChI=1S/C16H16ClF4NO3/c1-14(2,10-4-3-9(17)7-11(10)18)12(23)22-6-5-15(8-22,13(24)25)16(19,20)21/h3-4,7H,5-6,8H2,1-2H3,(H,24,25). The lowest BCUT2D eigenvalue weighted by molar-refractivity contribution is -0.227. The van der Waals surface area contributed by atoms with Crippen LogP contribution in [0.15, 0.2) is 18.2 Å². The predicted molar refractivity (Wildman–Crippen MR) is 81.8 cm³/mol. The van der Waals surface area contributed by atoms with E-state index in [2.05, 4.69) is 0 Å². The van der Waals surface area contributed by atoms with Crippen molar-refractivity contribution in [1.29, 1.82) is 0 Å². The lowest BCUT2D eigenvalue weighted by Gasteiger charge is -2.32. The van der Waals surface area contributed by atoms with Gasteiger partial charge in [0.05, 0.1) is 5.41 Å². The third kappa shape index (κ3) is 3.19. The number of halogens is 5. The molecule has 2 rings (SSSR count). The molecule has 0 aliphatic carbocycles. The first-order valence-corrected chi connectivity index (χ1v) is 7.76. The SMILES string of the molecule is CC(C)(C(=O)N1CCC(C(=O)O)(C(F)(F)F)C1)c1ccc(Cl)cc1F. The highest BCUT2D eigenvalue weighted by Crippen LogP contribution is 2.46. The highest BCUT2D eigenvalue weighted by atomic mass is 35.5. The number of carboxylic acid groups (broad SMARTS) is 1. The van der Waals surface area contributed by atoms with Gasteiger partial charge in [-0.1, -0.05) is 17.7 Å². The van der Waals surface area contributed by atoms with Gasteiger partial charge in [-0.15, -0.1) is 0 Å². The molecule has 1 aliphatic heterocycles. The molecule has 1 amide bonds. The maximum Gasteiger partial charge on any atom is 0.406 e. The fourth-order valence-corrected chi connectivity index (χ4v) is 3.18. The molecule has 0 aromatic heterocycles. The predicted octanol–water partition coefficient (Wildman–Crippen LogP) is 3.62. The Balaban J connectivity index is 2.33. The summed E-state index contributed by atoms with van der Waals surface area (Å²) < 4.78 is 53.8. The average molecular weight is 382 g/mol. The summed E-state index contributed by atoms with van der Waals surface area (Å²) in [7, 11) is 0. The van der Waals surface area contributed by atoms with E-state index in [1.54, 1.807) is 0 Å². The zero-order valence-corrected chi connectivity index (χ0v) is 14.2. The van der Waals surface area contributed by atoms with Gasteiger partial charge in [-0.25, -0.2) is 4.39 Å². The van der Waals surface area contributed by atoms with Crippen LogP contribution in [0.5, 0.6) is 0 Å². The monoisotopic (exact) mass is 381 g/mol. The van der Waals surface area contributed by atoms with E-state index in [1.165, 1.54) is 26.0 Å². The molecule has 1 saturated heterocycles. The molecule has 0 radical (unpaired) electrons. The fraction of sp³-hybridized carbons (Fsp3) is 0.500. The number of alkyl halides is 3. The van der Waals surface area contributed by atoms with Gasteiger partial charge in [-0.3, -0.25) is 9.59 Å². The Morgan fingerprint density at radius 1 is 1.28 bits per heavy atom. The van der Waals surface area contributed by atoms with Crippen molar-refractivity contribution in [3.8, 4) is 0 Å². The van der Waals surface area contributed by atoms with Gasteiger partial charge in [0.1, 0.15) is 5.82 Å². The first kappa shape index (κ1) is 19.5. The Bertz CT molecular complexity index is 720. The maximum absolute atomic E-state index is 14.1. The number of carboxylic acids is 1. The molecule has 1 aromatic rings. The van der Waals surface area contributed by atoms with E-state index in [0.717, 1.165) is 11.0 Å². The quantitative estimate of drug-likeness (QED) is 0.813. The summed E-state index contributed by atoms with van der Waals surface area (Å²) in [6.07, 6.45) is -5.74. The molecule has 1 atom stereocenters. The second-order valence-corrected chi connectivity index (χ2v) is 7.05. The number of likely N-dealkylation sites (tertiary alicyclic amines) is 1. The summed E-state index contributed by atoms with van der Waals surface area (Å²) in [5.41, 5.74) is -4.51. The summed E-state index contributed by atoms with van der Waals surface area (Å²) in [5.74, 6) is -3.56. The molecular weight excluding hydrogens is 366 g/mol. The lowest BCUT2D eigenvalue weighted by atomic mass is 9.82. The van der Waals surface area contributed by atoms with Crippen molar-refractivity contribution >= 4 is 23.5 Å². The third-order valence-electron chi connectivity index (χ3n) is 4.65. The highest BCUT2D eigenvalue weighted by molar-refractivity contribution is 6.30. The van der Waals surface area contributed by atoms with Gasteiger partial charge < -0.3 is 10.0 Å². The number of hydrogen-bond donors (Lipinski definition) is 1. The van der Waals surface area contributed by atoms with Crippen molar-refractivity contribution in [3.05, 3.63) is 34.6 Å². The van der Waals surface area contributed by atoms with Gasteiger partial charge in [-0.2, -0.15) is 13.2 Å². The van der Waals surface area contributed by atoms with Gasteiger partial charge in [0.25, 0.3) is 0 Å². The van der Waals surface area contributed by atoms with Crippen LogP contribution in [0.1, 0.15) is 25.8 Å². The molecule has 0 saturated carbocycles. The molecule has 0 bridgehead atoms. The number of hydrogen-bond acceptors (Lipinski definition) is 2. The summed E-state index contributed by atoms with van der Waals surface area (Å²) in [6, 6.07) is 3.67. The lowest BCUT2D eigenvalue weighted by Crippen LogP contribution is -2.50. The Hall–Kier alpha value is -1.83. The normalized spacial score (nSPS) is 21.5. The minimum absolute atomic E-state index is 0.0262. The van der Waals surface area contributed by atoms with Crippen LogP contribution in [-0.4, -0.2) is 41.1 Å². The van der Waals surface area contributed by atoms with E-state index < -0.39 is 47.7 Å². The Morgan fingerprint density at radius 2 is 1.88 bits per heavy atom. The fourth-order valence-electron chi connectivity index (χ4n) is 3.02. The second kappa shape index (κ2) is 6.16. The maximum atomic E-state index is 14.1. The highest BCUT2D eigenvalue weighted by Gasteiger charge is 2.64. The van der Waals surface area contributed by atoms with Crippen molar-refractivity contribution in [2.24, 2.45) is 5.41 Å². The van der Waals surface area contributed by atoms with E-state index >= 15 is 0 Å². The van der Waals surface area contributed by atoms with Crippen LogP contribution in [0.4, 0.5) is 17.6 Å². The van der Waals surface area contributed by atoms with Gasteiger partial charge in [0.2, 0.25) is 5.91 Å². The molecule has 1 aliphatic rings. The van der Waals surface area contributed by atoms with E-state index in [9.17, 15) is 27.2 Å². The van der Waals surface area contributed by atoms with Crippen LogP contribution in [0.2, 0.25) is 5.02 Å². The smallest absolute Gasteiger partial charge is 0.406 e. The van der Waals surface area contributed by atoms with Crippen LogP contribution in [0, 0.1) is 11.2 Å². The summed E-state index contributed by atoms with van der Waals surface area (Å²) >= 11 is 5.67. The number of aliphatic carboxylic acids is 1. The van der Waals surface area contributed by atoms with Crippen molar-refractivity contribution < 1.29 is 32.3 Å². The van der Waals surface area contributed by atoms with Crippen LogP contribution >= 0.6 is 11.6 Å². The summed E-state index contributed by atoms with van der Waals surface area (Å²) in [6.45, 7) is 1.37. The van der Waals surface area contributed by atoms with Gasteiger partial charge in [0.15, 0.2) is 5.41 Å². The Morgan fingerprint density at radius 3 is 2.32 bits per heavy atom. The van der Waals surface area contributed by atoms with Crippen molar-refractivity contribution in [2.75, 3.05) is 13.1 Å². The molecule has 1 N–H and O–H groups in total. The van der Waals surface area contributed by atoms with Gasteiger partial charge >= 0.3 is 12.1 Å². The average Bonchev–Trinajstić information content (AvgIpc) is 2.92. The molecule has 4 nitrogen and oxygen atoms in total. The number of benzene rings is 1. The van der Waals surface area contributed by atoms with E-state index in [0.29, 0.717) is 0 Å². The largest absolute Gasteiger partial charge is 0.481 e. The number of nitrogens with zero attached hydrogens (tertiary/aromatic N) is 1. The van der Waals surface area contributed by atoms with Crippen LogP contribution in [0.3, 0.4) is 0 Å². The molecule has 1 unspecified atom stereocenters. The number of carbonyl (C=O) groups is 2. The van der Waals surface area contributed by atoms with E-state index in [-0.39, 0.29) is 17.1 Å². The summed E-state index contributed by atoms with van der Waals surface area (Å²) in [5, 5.41) is 9.18. The van der Waals surface area contributed by atoms with Gasteiger partial charge in [-0.05, 0) is 32.4 Å². The molecule has 25 heavy (non-hydrogen) atoms. The van der Waals surface area contributed by atoms with Gasteiger partial charge in [0, 0.05) is 23.7 Å². The zero-order chi connectivity index (χ0) is 19.2. The first-order valence-electron chi connectivity index (χ1n) is 7.38. The number of rotatable bonds is 3. The molecular formula is C16H16ClF4NO3. The molecule has 0 spiro atoms. The summed E-state index contributed by atoms with van der Waals surface area (Å²) in [4.78, 5) is 24.8. The van der Waals surface area contributed by atoms with Crippen LogP contribution in [-0.2, 0) is 15.0 Å². The second-order valence-electron chi connectivity index (χ2n) is 6.61. The van der Waals surface area contributed by atoms with Crippen molar-refractivity contribution in [3.63, 3.8) is 0 Å². The molecule has 1 heterocycles. The molecule has 138 valence electrons. The van der Waals surface area contributed by atoms with Crippen LogP contribution < -0.4 is 0 Å². The molecule has 9 heteroatoms. The minimum atomic E-state index is -5.00. The van der Waals surface area contributed by atoms with Crippen molar-refractivity contribution in [1.82, 2.24) is 4.90 Å². The molecule has 1 aromatic carbocycles. The van der Waals surface area contributed by atoms with Crippen molar-refractivity contribution in [2.45, 2.75) is 31.9 Å². The Labute approximate surface area is 146 Å². The van der Waals surface area contributed by atoms with Crippen LogP contribution in [0.25, 0.3) is 0 Å². The minimum Gasteiger partial charge on any atom is -0.481 e. The number of amides is 1. The topological polar surface area (TPSA) is 57.6 Å². The Kier molecular flexibility index (Phi) is 4.80. The first-order chi connectivity index (χ1) is 11.3. The molecule has 1 fully saturated rings.